The van der Waals surface area contributed by atoms with Crippen LogP contribution in [0.15, 0.2) is 42.5 Å². The van der Waals surface area contributed by atoms with E-state index < -0.39 is 13.3 Å². The molecule has 0 saturated carbocycles. The lowest BCUT2D eigenvalue weighted by Crippen LogP contribution is -2.26. The molecule has 3 aromatic rings. The zero-order valence-electron chi connectivity index (χ0n) is 14.3. The molecule has 0 aliphatic carbocycles. The summed E-state index contributed by atoms with van der Waals surface area (Å²) in [4.78, 5) is 15.0. The summed E-state index contributed by atoms with van der Waals surface area (Å²) in [6.45, 7) is 1.92. The summed E-state index contributed by atoms with van der Waals surface area (Å²) < 4.78 is 25.0. The molecular weight excluding hydrogens is 375 g/mol. The van der Waals surface area contributed by atoms with Crippen LogP contribution in [0.3, 0.4) is 0 Å². The number of carbonyl (C=O) groups excluding carboxylic acids is 1. The Morgan fingerprint density at radius 3 is 2.69 bits per heavy atom. The summed E-state index contributed by atoms with van der Waals surface area (Å²) in [5.74, 6) is -0.198. The molecule has 0 saturated heterocycles. The van der Waals surface area contributed by atoms with Gasteiger partial charge >= 0.3 is 0 Å². The number of hydrogen-bond donors (Lipinski definition) is 2. The summed E-state index contributed by atoms with van der Waals surface area (Å²) in [6, 6.07) is 11.8. The second-order valence-electron chi connectivity index (χ2n) is 5.57. The first kappa shape index (κ1) is 18.5. The maximum atomic E-state index is 14.0. The molecule has 0 spiro atoms. The standard InChI is InChI=1S/C18H18ClN2O4P/c1-3-25-26(23,13-6-4-5-12(10-13)24-2)17-14-9-11(19)7-8-15(14)21-16(17)18(20)22/h4-10,21H,3H2,1-2H3,(H2,20,22). The van der Waals surface area contributed by atoms with Gasteiger partial charge in [-0.25, -0.2) is 0 Å². The molecule has 0 fully saturated rings. The van der Waals surface area contributed by atoms with Crippen molar-refractivity contribution in [3.05, 3.63) is 53.2 Å². The van der Waals surface area contributed by atoms with Crippen molar-refractivity contribution in [1.82, 2.24) is 4.98 Å². The van der Waals surface area contributed by atoms with E-state index >= 15 is 0 Å². The lowest BCUT2D eigenvalue weighted by atomic mass is 10.2. The van der Waals surface area contributed by atoms with Gasteiger partial charge < -0.3 is 20.0 Å². The maximum absolute atomic E-state index is 14.0. The number of amides is 1. The third-order valence-electron chi connectivity index (χ3n) is 3.98. The van der Waals surface area contributed by atoms with Gasteiger partial charge in [-0.15, -0.1) is 0 Å². The quantitative estimate of drug-likeness (QED) is 0.630. The number of nitrogens with one attached hydrogen (secondary N) is 1. The van der Waals surface area contributed by atoms with Crippen molar-refractivity contribution < 1.29 is 18.6 Å². The van der Waals surface area contributed by atoms with Crippen LogP contribution >= 0.6 is 19.0 Å². The fourth-order valence-electron chi connectivity index (χ4n) is 2.88. The molecule has 6 nitrogen and oxygen atoms in total. The monoisotopic (exact) mass is 392 g/mol. The summed E-state index contributed by atoms with van der Waals surface area (Å²) in [6.07, 6.45) is 0. The van der Waals surface area contributed by atoms with E-state index in [2.05, 4.69) is 4.98 Å². The predicted octanol–water partition coefficient (Wildman–Crippen LogP) is 3.19. The van der Waals surface area contributed by atoms with E-state index in [0.29, 0.717) is 27.0 Å². The van der Waals surface area contributed by atoms with Gasteiger partial charge in [0.2, 0.25) is 0 Å². The fraction of sp³-hybridized carbons (Fsp3) is 0.167. The summed E-state index contributed by atoms with van der Waals surface area (Å²) in [5.41, 5.74) is 6.18. The molecule has 26 heavy (non-hydrogen) atoms. The lowest BCUT2D eigenvalue weighted by molar-refractivity contribution is 0.0997. The molecule has 0 radical (unpaired) electrons. The van der Waals surface area contributed by atoms with Gasteiger partial charge in [0.15, 0.2) is 0 Å². The third kappa shape index (κ3) is 3.12. The number of nitrogens with two attached hydrogens (primary N) is 1. The molecule has 3 rings (SSSR count). The van der Waals surface area contributed by atoms with E-state index in [9.17, 15) is 9.36 Å². The summed E-state index contributed by atoms with van der Waals surface area (Å²) in [5, 5.41) is 1.60. The highest BCUT2D eigenvalue weighted by Crippen LogP contribution is 2.48. The number of rotatable bonds is 6. The van der Waals surface area contributed by atoms with Gasteiger partial charge in [-0.2, -0.15) is 0 Å². The fourth-order valence-corrected chi connectivity index (χ4v) is 5.49. The number of hydrogen-bond acceptors (Lipinski definition) is 4. The van der Waals surface area contributed by atoms with Crippen LogP contribution in [0.4, 0.5) is 0 Å². The number of carbonyl (C=O) groups is 1. The SMILES string of the molecule is CCOP(=O)(c1cccc(OC)c1)c1c(C(N)=O)[nH]c2ccc(Cl)cc12. The van der Waals surface area contributed by atoms with Crippen LogP contribution in [0.2, 0.25) is 5.02 Å². The topological polar surface area (TPSA) is 94.4 Å². The average molecular weight is 393 g/mol. The molecule has 1 unspecified atom stereocenters. The molecule has 2 aromatic carbocycles. The molecule has 0 aliphatic heterocycles. The highest BCUT2D eigenvalue weighted by Gasteiger charge is 2.36. The molecule has 3 N–H and O–H groups in total. The van der Waals surface area contributed by atoms with E-state index in [1.165, 1.54) is 7.11 Å². The number of halogens is 1. The Kier molecular flexibility index (Phi) is 5.10. The van der Waals surface area contributed by atoms with Crippen molar-refractivity contribution in [2.24, 2.45) is 5.73 Å². The number of benzene rings is 2. The lowest BCUT2D eigenvalue weighted by Gasteiger charge is -2.19. The molecular formula is C18H18ClN2O4P. The smallest absolute Gasteiger partial charge is 0.266 e. The Balaban J connectivity index is 2.38. The largest absolute Gasteiger partial charge is 0.497 e. The number of ether oxygens (including phenoxy) is 1. The molecule has 1 aromatic heterocycles. The molecule has 1 heterocycles. The molecule has 136 valence electrons. The van der Waals surface area contributed by atoms with Crippen LogP contribution in [0, 0.1) is 0 Å². The minimum absolute atomic E-state index is 0.0434. The Labute approximate surface area is 155 Å². The van der Waals surface area contributed by atoms with E-state index in [0.717, 1.165) is 0 Å². The number of fused-ring (bicyclic) bond motifs is 1. The van der Waals surface area contributed by atoms with Crippen molar-refractivity contribution >= 4 is 46.4 Å². The van der Waals surface area contributed by atoms with Crippen LogP contribution in [0.5, 0.6) is 5.75 Å². The van der Waals surface area contributed by atoms with Gasteiger partial charge in [-0.3, -0.25) is 9.36 Å². The van der Waals surface area contributed by atoms with Crippen molar-refractivity contribution in [2.75, 3.05) is 13.7 Å². The normalized spacial score (nSPS) is 13.5. The first-order chi connectivity index (χ1) is 12.4. The van der Waals surface area contributed by atoms with Crippen molar-refractivity contribution in [2.45, 2.75) is 6.92 Å². The average Bonchev–Trinajstić information content (AvgIpc) is 3.01. The van der Waals surface area contributed by atoms with Gasteiger partial charge in [-0.1, -0.05) is 17.7 Å². The van der Waals surface area contributed by atoms with E-state index in [1.54, 1.807) is 49.4 Å². The summed E-state index contributed by atoms with van der Waals surface area (Å²) in [7, 11) is -2.13. The predicted molar refractivity (Wildman–Crippen MR) is 103 cm³/mol. The van der Waals surface area contributed by atoms with Crippen LogP contribution in [0.1, 0.15) is 17.4 Å². The third-order valence-corrected chi connectivity index (χ3v) is 6.85. The molecule has 0 bridgehead atoms. The number of aromatic nitrogens is 1. The molecule has 0 aliphatic rings. The first-order valence-corrected chi connectivity index (χ1v) is 9.91. The Bertz CT molecular complexity index is 1030. The van der Waals surface area contributed by atoms with E-state index in [4.69, 9.17) is 26.6 Å². The van der Waals surface area contributed by atoms with Gasteiger partial charge in [0, 0.05) is 21.2 Å². The van der Waals surface area contributed by atoms with Gasteiger partial charge in [0.1, 0.15) is 11.4 Å². The minimum Gasteiger partial charge on any atom is -0.497 e. The van der Waals surface area contributed by atoms with Gasteiger partial charge in [0.05, 0.1) is 19.0 Å². The minimum atomic E-state index is -3.64. The Hall–Kier alpha value is -2.27. The number of H-pyrrole nitrogens is 1. The highest BCUT2D eigenvalue weighted by atomic mass is 35.5. The number of aromatic amines is 1. The molecule has 8 heteroatoms. The van der Waals surface area contributed by atoms with Gasteiger partial charge in [-0.05, 0) is 43.3 Å². The zero-order chi connectivity index (χ0) is 18.9. The van der Waals surface area contributed by atoms with Crippen molar-refractivity contribution in [3.8, 4) is 5.75 Å². The Morgan fingerprint density at radius 1 is 1.27 bits per heavy atom. The second-order valence-corrected chi connectivity index (χ2v) is 8.33. The van der Waals surface area contributed by atoms with Crippen molar-refractivity contribution in [3.63, 3.8) is 0 Å². The zero-order valence-corrected chi connectivity index (χ0v) is 15.9. The van der Waals surface area contributed by atoms with E-state index in [-0.39, 0.29) is 17.6 Å². The van der Waals surface area contributed by atoms with Crippen LogP contribution in [-0.4, -0.2) is 24.6 Å². The Morgan fingerprint density at radius 2 is 2.04 bits per heavy atom. The van der Waals surface area contributed by atoms with Crippen LogP contribution in [0.25, 0.3) is 10.9 Å². The van der Waals surface area contributed by atoms with Crippen molar-refractivity contribution in [1.29, 1.82) is 0 Å². The first-order valence-electron chi connectivity index (χ1n) is 7.91. The number of methoxy groups -OCH3 is 1. The number of primary amides is 1. The van der Waals surface area contributed by atoms with Crippen LogP contribution in [-0.2, 0) is 9.09 Å². The second kappa shape index (κ2) is 7.16. The molecule has 1 amide bonds. The highest BCUT2D eigenvalue weighted by molar-refractivity contribution is 7.75. The van der Waals surface area contributed by atoms with Gasteiger partial charge in [0.25, 0.3) is 13.3 Å². The van der Waals surface area contributed by atoms with E-state index in [1.807, 2.05) is 0 Å². The summed E-state index contributed by atoms with van der Waals surface area (Å²) >= 11 is 6.12. The maximum Gasteiger partial charge on any atom is 0.266 e. The molecule has 1 atom stereocenters. The van der Waals surface area contributed by atoms with Crippen LogP contribution < -0.4 is 21.1 Å².